The molecule has 1 fully saturated rings. The summed E-state index contributed by atoms with van der Waals surface area (Å²) in [5.41, 5.74) is 4.44. The van der Waals surface area contributed by atoms with Crippen LogP contribution in [0.2, 0.25) is 5.02 Å². The zero-order chi connectivity index (χ0) is 38.7. The van der Waals surface area contributed by atoms with Crippen LogP contribution in [0.3, 0.4) is 0 Å². The zero-order valence-corrected chi connectivity index (χ0v) is 31.8. The topological polar surface area (TPSA) is 97.2 Å². The Labute approximate surface area is 326 Å². The monoisotopic (exact) mass is 760 g/mol. The van der Waals surface area contributed by atoms with E-state index in [4.69, 9.17) is 35.8 Å². The highest BCUT2D eigenvalue weighted by molar-refractivity contribution is 6.32. The number of carbonyl (C=O) groups is 1. The molecular weight excluding hydrogens is 719 g/mol. The van der Waals surface area contributed by atoms with Gasteiger partial charge in [-0.2, -0.15) is 5.26 Å². The lowest BCUT2D eigenvalue weighted by atomic mass is 10.1. The van der Waals surface area contributed by atoms with Crippen LogP contribution in [0, 0.1) is 24.1 Å². The molecular formula is C44H42ClFN4O5. The maximum absolute atomic E-state index is 15.0. The number of aromatic nitrogens is 1. The third-order valence-electron chi connectivity index (χ3n) is 8.87. The molecule has 4 aromatic carbocycles. The number of hydrogen-bond donors (Lipinski definition) is 0. The van der Waals surface area contributed by atoms with Crippen LogP contribution in [0.5, 0.6) is 28.9 Å². The predicted molar refractivity (Wildman–Crippen MR) is 210 cm³/mol. The minimum atomic E-state index is -0.306. The van der Waals surface area contributed by atoms with E-state index in [2.05, 4.69) is 16.0 Å². The van der Waals surface area contributed by atoms with Crippen molar-refractivity contribution in [3.63, 3.8) is 0 Å². The maximum Gasteiger partial charge on any atom is 0.246 e. The first-order valence-electron chi connectivity index (χ1n) is 18.0. The standard InChI is InChI=1S/C44H42ClFN4O5/c1-30(2)54-38-13-11-37(12-14-38)53-29-36-10-8-35(24-41(36)46)27-49-18-20-50(21-19-49)43(51)17-9-34-22-31(3)44(40(45)23-34)55-42-16-15-39(26-48-42)52-28-33-6-4-32(25-47)5-7-33/h4-17,22-24,26,30H,18-21,27-29H2,1-3H3. The van der Waals surface area contributed by atoms with E-state index >= 15 is 0 Å². The van der Waals surface area contributed by atoms with Crippen LogP contribution in [0.25, 0.3) is 6.08 Å². The zero-order valence-electron chi connectivity index (χ0n) is 31.0. The molecule has 11 heteroatoms. The number of nitrogens with zero attached hydrogens (tertiary/aromatic N) is 4. The first-order valence-corrected chi connectivity index (χ1v) is 18.4. The van der Waals surface area contributed by atoms with E-state index < -0.39 is 0 Å². The molecule has 1 aliphatic heterocycles. The second-order valence-corrected chi connectivity index (χ2v) is 13.9. The van der Waals surface area contributed by atoms with E-state index in [-0.39, 0.29) is 24.4 Å². The van der Waals surface area contributed by atoms with E-state index in [1.165, 1.54) is 0 Å². The number of hydrogen-bond acceptors (Lipinski definition) is 8. The average molecular weight is 761 g/mol. The number of piperazine rings is 1. The van der Waals surface area contributed by atoms with Gasteiger partial charge in [0.1, 0.15) is 36.3 Å². The summed E-state index contributed by atoms with van der Waals surface area (Å²) in [6, 6.07) is 29.0. The highest BCUT2D eigenvalue weighted by Gasteiger charge is 2.20. The SMILES string of the molecule is Cc1cc(C=CC(=O)N2CCN(Cc3ccc(COc4ccc(OC(C)C)cc4)c(F)c3)CC2)cc(Cl)c1Oc1ccc(OCc2ccc(C#N)cc2)cn1. The van der Waals surface area contributed by atoms with Crippen LogP contribution in [0.4, 0.5) is 4.39 Å². The predicted octanol–water partition coefficient (Wildman–Crippen LogP) is 9.15. The van der Waals surface area contributed by atoms with Gasteiger partial charge in [-0.1, -0.05) is 35.9 Å². The number of nitriles is 1. The van der Waals surface area contributed by atoms with Crippen molar-refractivity contribution in [1.29, 1.82) is 5.26 Å². The molecule has 5 aromatic rings. The molecule has 1 aromatic heterocycles. The lowest BCUT2D eigenvalue weighted by Crippen LogP contribution is -2.47. The number of benzene rings is 4. The number of pyridine rings is 1. The molecule has 9 nitrogen and oxygen atoms in total. The van der Waals surface area contributed by atoms with Gasteiger partial charge in [0.15, 0.2) is 5.75 Å². The smallest absolute Gasteiger partial charge is 0.246 e. The molecule has 0 N–H and O–H groups in total. The van der Waals surface area contributed by atoms with Crippen molar-refractivity contribution in [2.75, 3.05) is 26.2 Å². The minimum absolute atomic E-state index is 0.0858. The molecule has 1 aliphatic rings. The second kappa shape index (κ2) is 18.4. The third kappa shape index (κ3) is 11.1. The molecule has 0 radical (unpaired) electrons. The van der Waals surface area contributed by atoms with E-state index in [9.17, 15) is 9.18 Å². The summed E-state index contributed by atoms with van der Waals surface area (Å²) in [5.74, 6) is 2.42. The summed E-state index contributed by atoms with van der Waals surface area (Å²) >= 11 is 6.61. The molecule has 55 heavy (non-hydrogen) atoms. The normalized spacial score (nSPS) is 13.1. The van der Waals surface area contributed by atoms with Crippen molar-refractivity contribution in [2.45, 2.75) is 46.6 Å². The maximum atomic E-state index is 15.0. The fourth-order valence-corrected chi connectivity index (χ4v) is 6.27. The van der Waals surface area contributed by atoms with Crippen LogP contribution in [-0.2, 0) is 24.6 Å². The van der Waals surface area contributed by atoms with E-state index in [0.29, 0.717) is 78.6 Å². The van der Waals surface area contributed by atoms with Gasteiger partial charge in [-0.15, -0.1) is 0 Å². The Morgan fingerprint density at radius 1 is 0.891 bits per heavy atom. The quantitative estimate of drug-likeness (QED) is 0.103. The number of amides is 1. The van der Waals surface area contributed by atoms with Crippen LogP contribution in [-0.4, -0.2) is 53.0 Å². The lowest BCUT2D eigenvalue weighted by Gasteiger charge is -2.34. The van der Waals surface area contributed by atoms with Gasteiger partial charge in [0.25, 0.3) is 0 Å². The van der Waals surface area contributed by atoms with Crippen molar-refractivity contribution in [3.8, 4) is 34.9 Å². The summed E-state index contributed by atoms with van der Waals surface area (Å²) in [4.78, 5) is 21.4. The van der Waals surface area contributed by atoms with Crippen molar-refractivity contribution < 1.29 is 28.1 Å². The minimum Gasteiger partial charge on any atom is -0.491 e. The fraction of sp³-hybridized carbons (Fsp3) is 0.250. The Hall–Kier alpha value is -5.89. The molecule has 1 amide bonds. The number of halogens is 2. The Morgan fingerprint density at radius 2 is 1.58 bits per heavy atom. The van der Waals surface area contributed by atoms with Crippen molar-refractivity contribution in [2.24, 2.45) is 0 Å². The van der Waals surface area contributed by atoms with E-state index in [0.717, 1.165) is 28.0 Å². The van der Waals surface area contributed by atoms with Gasteiger partial charge in [0.2, 0.25) is 11.8 Å². The van der Waals surface area contributed by atoms with Crippen molar-refractivity contribution in [1.82, 2.24) is 14.8 Å². The lowest BCUT2D eigenvalue weighted by molar-refractivity contribution is -0.127. The van der Waals surface area contributed by atoms with E-state index in [1.807, 2.05) is 74.2 Å². The molecule has 0 atom stereocenters. The number of rotatable bonds is 14. The largest absolute Gasteiger partial charge is 0.491 e. The number of aryl methyl sites for hydroxylation is 1. The summed E-state index contributed by atoms with van der Waals surface area (Å²) in [7, 11) is 0. The summed E-state index contributed by atoms with van der Waals surface area (Å²) in [6.45, 7) is 9.36. The third-order valence-corrected chi connectivity index (χ3v) is 9.15. The molecule has 282 valence electrons. The van der Waals surface area contributed by atoms with Gasteiger partial charge in [-0.25, -0.2) is 9.37 Å². The summed E-state index contributed by atoms with van der Waals surface area (Å²) < 4.78 is 38.2. The van der Waals surface area contributed by atoms with Crippen LogP contribution in [0.1, 0.15) is 47.2 Å². The first-order chi connectivity index (χ1) is 26.6. The molecule has 0 spiro atoms. The van der Waals surface area contributed by atoms with E-state index in [1.54, 1.807) is 60.8 Å². The first kappa shape index (κ1) is 38.8. The van der Waals surface area contributed by atoms with Gasteiger partial charge < -0.3 is 23.8 Å². The molecule has 0 saturated carbocycles. The number of ether oxygens (including phenoxy) is 4. The van der Waals surface area contributed by atoms with Gasteiger partial charge in [-0.3, -0.25) is 9.69 Å². The number of carbonyl (C=O) groups excluding carboxylic acids is 1. The summed E-state index contributed by atoms with van der Waals surface area (Å²) in [5, 5.41) is 9.35. The average Bonchev–Trinajstić information content (AvgIpc) is 3.18. The fourth-order valence-electron chi connectivity index (χ4n) is 5.95. The van der Waals surface area contributed by atoms with Gasteiger partial charge in [-0.05, 0) is 110 Å². The Morgan fingerprint density at radius 3 is 2.24 bits per heavy atom. The van der Waals surface area contributed by atoms with Gasteiger partial charge >= 0.3 is 0 Å². The van der Waals surface area contributed by atoms with Crippen molar-refractivity contribution in [3.05, 3.63) is 147 Å². The highest BCUT2D eigenvalue weighted by Crippen LogP contribution is 2.34. The van der Waals surface area contributed by atoms with Gasteiger partial charge in [0, 0.05) is 50.4 Å². The van der Waals surface area contributed by atoms with Crippen molar-refractivity contribution >= 4 is 23.6 Å². The molecule has 0 bridgehead atoms. The van der Waals surface area contributed by atoms with Crippen LogP contribution < -0.4 is 18.9 Å². The molecule has 0 unspecified atom stereocenters. The summed E-state index contributed by atoms with van der Waals surface area (Å²) in [6.07, 6.45) is 4.97. The second-order valence-electron chi connectivity index (χ2n) is 13.5. The molecule has 6 rings (SSSR count). The Kier molecular flexibility index (Phi) is 13.0. The highest BCUT2D eigenvalue weighted by atomic mass is 35.5. The molecule has 1 saturated heterocycles. The van der Waals surface area contributed by atoms with Crippen LogP contribution >= 0.6 is 11.6 Å². The Balaban J connectivity index is 0.943. The molecule has 0 aliphatic carbocycles. The van der Waals surface area contributed by atoms with Crippen LogP contribution in [0.15, 0.2) is 103 Å². The molecule has 2 heterocycles. The Bertz CT molecular complexity index is 2120. The van der Waals surface area contributed by atoms with Gasteiger partial charge in [0.05, 0.1) is 29.0 Å².